The predicted molar refractivity (Wildman–Crippen MR) is 68.0 cm³/mol. The lowest BCUT2D eigenvalue weighted by molar-refractivity contribution is -0.118. The van der Waals surface area contributed by atoms with Gasteiger partial charge in [-0.1, -0.05) is 6.07 Å². The van der Waals surface area contributed by atoms with Gasteiger partial charge in [0.05, 0.1) is 11.5 Å². The lowest BCUT2D eigenvalue weighted by Gasteiger charge is -2.11. The third-order valence-corrected chi connectivity index (χ3v) is 3.32. The van der Waals surface area contributed by atoms with E-state index < -0.39 is 21.8 Å². The van der Waals surface area contributed by atoms with Crippen LogP contribution in [0, 0.1) is 0 Å². The molecule has 0 spiro atoms. The maximum absolute atomic E-state index is 11.6. The standard InChI is InChI=1S/C11H16N2O4S/c1-17-7-10(12)11(14)13-8-4-3-5-9(6-8)18(2,15)16/h3-6,10H,7,12H2,1-2H3,(H,13,14). The molecule has 0 saturated heterocycles. The second-order valence-electron chi connectivity index (χ2n) is 3.85. The molecule has 1 atom stereocenters. The van der Waals surface area contributed by atoms with Crippen LogP contribution in [0.25, 0.3) is 0 Å². The molecule has 0 fully saturated rings. The number of methoxy groups -OCH3 is 1. The Balaban J connectivity index is 2.83. The van der Waals surface area contributed by atoms with E-state index in [4.69, 9.17) is 10.5 Å². The average molecular weight is 272 g/mol. The van der Waals surface area contributed by atoms with E-state index in [0.717, 1.165) is 6.26 Å². The van der Waals surface area contributed by atoms with Crippen molar-refractivity contribution in [2.75, 3.05) is 25.3 Å². The fourth-order valence-electron chi connectivity index (χ4n) is 1.29. The van der Waals surface area contributed by atoms with E-state index >= 15 is 0 Å². The van der Waals surface area contributed by atoms with Crippen molar-refractivity contribution in [1.29, 1.82) is 0 Å². The van der Waals surface area contributed by atoms with Crippen LogP contribution in [0.3, 0.4) is 0 Å². The molecule has 1 aromatic carbocycles. The Bertz CT molecular complexity index is 528. The Hall–Kier alpha value is -1.44. The van der Waals surface area contributed by atoms with Gasteiger partial charge in [0, 0.05) is 19.1 Å². The number of rotatable bonds is 5. The Kier molecular flexibility index (Phi) is 4.83. The quantitative estimate of drug-likeness (QED) is 0.786. The highest BCUT2D eigenvalue weighted by molar-refractivity contribution is 7.90. The summed E-state index contributed by atoms with van der Waals surface area (Å²) in [5.41, 5.74) is 5.93. The minimum Gasteiger partial charge on any atom is -0.383 e. The molecule has 0 aliphatic carbocycles. The molecular formula is C11H16N2O4S. The summed E-state index contributed by atoms with van der Waals surface area (Å²) in [6, 6.07) is 5.18. The first-order valence-electron chi connectivity index (χ1n) is 5.20. The summed E-state index contributed by atoms with van der Waals surface area (Å²) < 4.78 is 27.5. The highest BCUT2D eigenvalue weighted by Gasteiger charge is 2.14. The van der Waals surface area contributed by atoms with Crippen LogP contribution in [-0.2, 0) is 19.4 Å². The zero-order chi connectivity index (χ0) is 13.8. The van der Waals surface area contributed by atoms with Crippen molar-refractivity contribution >= 4 is 21.4 Å². The Morgan fingerprint density at radius 3 is 2.72 bits per heavy atom. The molecule has 0 aliphatic rings. The van der Waals surface area contributed by atoms with Gasteiger partial charge in [0.2, 0.25) is 5.91 Å². The smallest absolute Gasteiger partial charge is 0.243 e. The molecular weight excluding hydrogens is 256 g/mol. The second-order valence-corrected chi connectivity index (χ2v) is 5.87. The monoisotopic (exact) mass is 272 g/mol. The SMILES string of the molecule is COCC(N)C(=O)Nc1cccc(S(C)(=O)=O)c1. The lowest BCUT2D eigenvalue weighted by atomic mass is 10.2. The van der Waals surface area contributed by atoms with Gasteiger partial charge in [-0.25, -0.2) is 8.42 Å². The van der Waals surface area contributed by atoms with E-state index in [1.807, 2.05) is 0 Å². The number of nitrogens with two attached hydrogens (primary N) is 1. The summed E-state index contributed by atoms with van der Waals surface area (Å²) in [4.78, 5) is 11.7. The number of ether oxygens (including phenoxy) is 1. The first-order valence-corrected chi connectivity index (χ1v) is 7.09. The Morgan fingerprint density at radius 2 is 2.17 bits per heavy atom. The van der Waals surface area contributed by atoms with Gasteiger partial charge in [-0.05, 0) is 18.2 Å². The van der Waals surface area contributed by atoms with Gasteiger partial charge in [-0.15, -0.1) is 0 Å². The molecule has 0 bridgehead atoms. The molecule has 100 valence electrons. The number of benzene rings is 1. The molecule has 3 N–H and O–H groups in total. The van der Waals surface area contributed by atoms with E-state index in [1.165, 1.54) is 19.2 Å². The highest BCUT2D eigenvalue weighted by Crippen LogP contribution is 2.15. The van der Waals surface area contributed by atoms with E-state index in [9.17, 15) is 13.2 Å². The van der Waals surface area contributed by atoms with Crippen LogP contribution in [0.2, 0.25) is 0 Å². The first kappa shape index (κ1) is 14.6. The maximum atomic E-state index is 11.6. The number of hydrogen-bond donors (Lipinski definition) is 2. The number of hydrogen-bond acceptors (Lipinski definition) is 5. The zero-order valence-electron chi connectivity index (χ0n) is 10.2. The van der Waals surface area contributed by atoms with E-state index in [-0.39, 0.29) is 11.5 Å². The van der Waals surface area contributed by atoms with Crippen molar-refractivity contribution in [2.24, 2.45) is 5.73 Å². The van der Waals surface area contributed by atoms with E-state index in [1.54, 1.807) is 12.1 Å². The predicted octanol–water partition coefficient (Wildman–Crippen LogP) is 0.00230. The van der Waals surface area contributed by atoms with Crippen LogP contribution in [0.15, 0.2) is 29.2 Å². The van der Waals surface area contributed by atoms with Gasteiger partial charge in [0.15, 0.2) is 9.84 Å². The van der Waals surface area contributed by atoms with Crippen molar-refractivity contribution in [3.8, 4) is 0 Å². The minimum atomic E-state index is -3.30. The highest BCUT2D eigenvalue weighted by atomic mass is 32.2. The number of carbonyl (C=O) groups is 1. The molecule has 1 aromatic rings. The summed E-state index contributed by atoms with van der Waals surface area (Å²) in [5, 5.41) is 2.53. The lowest BCUT2D eigenvalue weighted by Crippen LogP contribution is -2.39. The van der Waals surface area contributed by atoms with E-state index in [2.05, 4.69) is 5.32 Å². The van der Waals surface area contributed by atoms with Gasteiger partial charge in [0.25, 0.3) is 0 Å². The van der Waals surface area contributed by atoms with Crippen LogP contribution >= 0.6 is 0 Å². The number of amides is 1. The fourth-order valence-corrected chi connectivity index (χ4v) is 1.96. The van der Waals surface area contributed by atoms with Crippen molar-refractivity contribution in [3.05, 3.63) is 24.3 Å². The molecule has 1 amide bonds. The topological polar surface area (TPSA) is 98.5 Å². The normalized spacial score (nSPS) is 13.1. The number of nitrogens with one attached hydrogen (secondary N) is 1. The number of sulfone groups is 1. The second kappa shape index (κ2) is 5.94. The molecule has 6 nitrogen and oxygen atoms in total. The summed E-state index contributed by atoms with van der Waals surface area (Å²) in [6.45, 7) is 0.0948. The molecule has 0 aliphatic heterocycles. The maximum Gasteiger partial charge on any atom is 0.243 e. The fraction of sp³-hybridized carbons (Fsp3) is 0.364. The van der Waals surface area contributed by atoms with Crippen molar-refractivity contribution in [2.45, 2.75) is 10.9 Å². The van der Waals surface area contributed by atoms with Gasteiger partial charge in [0.1, 0.15) is 6.04 Å². The van der Waals surface area contributed by atoms with Crippen LogP contribution in [0.4, 0.5) is 5.69 Å². The molecule has 1 unspecified atom stereocenters. The third kappa shape index (κ3) is 4.10. The van der Waals surface area contributed by atoms with E-state index in [0.29, 0.717) is 5.69 Å². The van der Waals surface area contributed by atoms with Crippen molar-refractivity contribution in [1.82, 2.24) is 0 Å². The largest absolute Gasteiger partial charge is 0.383 e. The van der Waals surface area contributed by atoms with Crippen molar-refractivity contribution in [3.63, 3.8) is 0 Å². The molecule has 18 heavy (non-hydrogen) atoms. The zero-order valence-corrected chi connectivity index (χ0v) is 11.0. The van der Waals surface area contributed by atoms with Crippen LogP contribution in [0.1, 0.15) is 0 Å². The Labute approximate surface area is 106 Å². The molecule has 0 heterocycles. The third-order valence-electron chi connectivity index (χ3n) is 2.21. The summed E-state index contributed by atoms with van der Waals surface area (Å²) in [5.74, 6) is -0.428. The summed E-state index contributed by atoms with van der Waals surface area (Å²) >= 11 is 0. The summed E-state index contributed by atoms with van der Waals surface area (Å²) in [6.07, 6.45) is 1.10. The van der Waals surface area contributed by atoms with Crippen LogP contribution in [-0.4, -0.2) is 40.3 Å². The summed E-state index contributed by atoms with van der Waals surface area (Å²) in [7, 11) is -1.86. The number of carbonyl (C=O) groups excluding carboxylic acids is 1. The van der Waals surface area contributed by atoms with Crippen LogP contribution in [0.5, 0.6) is 0 Å². The minimum absolute atomic E-state index is 0.0948. The van der Waals surface area contributed by atoms with Gasteiger partial charge in [-0.2, -0.15) is 0 Å². The Morgan fingerprint density at radius 1 is 1.50 bits per heavy atom. The molecule has 0 saturated carbocycles. The molecule has 1 rings (SSSR count). The van der Waals surface area contributed by atoms with Gasteiger partial charge >= 0.3 is 0 Å². The molecule has 0 aromatic heterocycles. The van der Waals surface area contributed by atoms with Gasteiger partial charge in [-0.3, -0.25) is 4.79 Å². The van der Waals surface area contributed by atoms with Crippen LogP contribution < -0.4 is 11.1 Å². The number of anilines is 1. The van der Waals surface area contributed by atoms with Gasteiger partial charge < -0.3 is 15.8 Å². The molecule has 0 radical (unpaired) electrons. The molecule has 7 heteroatoms. The first-order chi connectivity index (χ1) is 8.34. The average Bonchev–Trinajstić information content (AvgIpc) is 2.28. The van der Waals surface area contributed by atoms with Crippen molar-refractivity contribution < 1.29 is 17.9 Å².